The number of fused-ring (bicyclic) bond motifs is 1. The second-order valence-corrected chi connectivity index (χ2v) is 7.14. The normalized spacial score (nSPS) is 20.8. The van der Waals surface area contributed by atoms with Crippen LogP contribution in [0.2, 0.25) is 0 Å². The highest BCUT2D eigenvalue weighted by atomic mass is 32.1. The monoisotopic (exact) mass is 299 g/mol. The first-order valence-electron chi connectivity index (χ1n) is 7.81. The molecular formula is C17H21N3S. The zero-order chi connectivity index (χ0) is 14.2. The van der Waals surface area contributed by atoms with Gasteiger partial charge in [-0.3, -0.25) is 0 Å². The van der Waals surface area contributed by atoms with Crippen LogP contribution in [0.25, 0.3) is 0 Å². The lowest BCUT2D eigenvalue weighted by atomic mass is 10.1. The van der Waals surface area contributed by atoms with E-state index in [0.717, 1.165) is 25.6 Å². The van der Waals surface area contributed by atoms with Gasteiger partial charge < -0.3 is 10.2 Å². The van der Waals surface area contributed by atoms with Gasteiger partial charge in [-0.1, -0.05) is 18.2 Å². The molecule has 4 heteroatoms. The minimum absolute atomic E-state index is 0.567. The molecule has 2 heterocycles. The number of hydrogen-bond acceptors (Lipinski definition) is 4. The number of aromatic nitrogens is 1. The maximum Gasteiger partial charge on any atom is 0.107 e. The van der Waals surface area contributed by atoms with Gasteiger partial charge in [0, 0.05) is 29.7 Å². The van der Waals surface area contributed by atoms with E-state index in [-0.39, 0.29) is 0 Å². The number of benzene rings is 1. The van der Waals surface area contributed by atoms with Gasteiger partial charge in [0.1, 0.15) is 5.01 Å². The predicted molar refractivity (Wildman–Crippen MR) is 87.8 cm³/mol. The smallest absolute Gasteiger partial charge is 0.107 e. The van der Waals surface area contributed by atoms with Crippen LogP contribution in [0.15, 0.2) is 29.6 Å². The van der Waals surface area contributed by atoms with Gasteiger partial charge in [0.25, 0.3) is 0 Å². The van der Waals surface area contributed by atoms with Gasteiger partial charge in [-0.25, -0.2) is 4.98 Å². The van der Waals surface area contributed by atoms with Crippen LogP contribution in [0.4, 0.5) is 5.69 Å². The number of anilines is 1. The Morgan fingerprint density at radius 1 is 1.33 bits per heavy atom. The van der Waals surface area contributed by atoms with E-state index in [9.17, 15) is 0 Å². The molecule has 1 saturated carbocycles. The number of hydrogen-bond donors (Lipinski definition) is 1. The first-order chi connectivity index (χ1) is 10.3. The van der Waals surface area contributed by atoms with Crippen molar-refractivity contribution in [3.8, 4) is 0 Å². The van der Waals surface area contributed by atoms with Crippen LogP contribution >= 0.6 is 11.3 Å². The molecule has 0 radical (unpaired) electrons. The number of rotatable bonds is 5. The lowest BCUT2D eigenvalue weighted by Gasteiger charge is -2.23. The first kappa shape index (κ1) is 13.3. The SMILES string of the molecule is CC1Cc2ccccc2N1Cc1csc(CNC2CC2)n1. The summed E-state index contributed by atoms with van der Waals surface area (Å²) < 4.78 is 0. The minimum atomic E-state index is 0.567. The van der Waals surface area contributed by atoms with Gasteiger partial charge in [-0.05, 0) is 37.8 Å². The lowest BCUT2D eigenvalue weighted by molar-refractivity contribution is 0.658. The zero-order valence-corrected chi connectivity index (χ0v) is 13.2. The van der Waals surface area contributed by atoms with Gasteiger partial charge in [-0.15, -0.1) is 11.3 Å². The molecule has 0 saturated heterocycles. The molecule has 1 atom stereocenters. The van der Waals surface area contributed by atoms with Crippen molar-refractivity contribution >= 4 is 17.0 Å². The summed E-state index contributed by atoms with van der Waals surface area (Å²) in [4.78, 5) is 7.28. The van der Waals surface area contributed by atoms with E-state index in [1.54, 1.807) is 11.3 Å². The van der Waals surface area contributed by atoms with Crippen molar-refractivity contribution in [1.82, 2.24) is 10.3 Å². The molecule has 2 aromatic rings. The maximum atomic E-state index is 4.80. The Kier molecular flexibility index (Phi) is 3.43. The van der Waals surface area contributed by atoms with Crippen LogP contribution in [-0.2, 0) is 19.5 Å². The molecule has 1 aromatic heterocycles. The maximum absolute atomic E-state index is 4.80. The molecule has 1 aliphatic heterocycles. The predicted octanol–water partition coefficient (Wildman–Crippen LogP) is 3.35. The molecule has 0 amide bonds. The molecule has 1 fully saturated rings. The van der Waals surface area contributed by atoms with Crippen LogP contribution < -0.4 is 10.2 Å². The van der Waals surface area contributed by atoms with Crippen LogP contribution in [-0.4, -0.2) is 17.1 Å². The van der Waals surface area contributed by atoms with Crippen molar-refractivity contribution in [1.29, 1.82) is 0 Å². The average Bonchev–Trinajstić information content (AvgIpc) is 3.13. The van der Waals surface area contributed by atoms with Gasteiger partial charge >= 0.3 is 0 Å². The highest BCUT2D eigenvalue weighted by Crippen LogP contribution is 2.33. The first-order valence-corrected chi connectivity index (χ1v) is 8.69. The number of nitrogens with zero attached hydrogens (tertiary/aromatic N) is 2. The van der Waals surface area contributed by atoms with Crippen molar-refractivity contribution in [2.75, 3.05) is 4.90 Å². The zero-order valence-electron chi connectivity index (χ0n) is 12.4. The van der Waals surface area contributed by atoms with E-state index in [4.69, 9.17) is 4.98 Å². The second-order valence-electron chi connectivity index (χ2n) is 6.20. The van der Waals surface area contributed by atoms with Crippen molar-refractivity contribution in [2.45, 2.75) is 51.4 Å². The fourth-order valence-electron chi connectivity index (χ4n) is 3.07. The Morgan fingerprint density at radius 3 is 3.05 bits per heavy atom. The Bertz CT molecular complexity index is 632. The van der Waals surface area contributed by atoms with Gasteiger partial charge in [0.2, 0.25) is 0 Å². The third-order valence-electron chi connectivity index (χ3n) is 4.40. The van der Waals surface area contributed by atoms with Crippen molar-refractivity contribution in [3.63, 3.8) is 0 Å². The third kappa shape index (κ3) is 2.83. The second kappa shape index (κ2) is 5.43. The van der Waals surface area contributed by atoms with E-state index in [0.29, 0.717) is 6.04 Å². The van der Waals surface area contributed by atoms with E-state index >= 15 is 0 Å². The topological polar surface area (TPSA) is 28.2 Å². The van der Waals surface area contributed by atoms with Crippen LogP contribution in [0.1, 0.15) is 36.0 Å². The van der Waals surface area contributed by atoms with Gasteiger partial charge in [0.15, 0.2) is 0 Å². The summed E-state index contributed by atoms with van der Waals surface area (Å²) in [6.45, 7) is 4.17. The largest absolute Gasteiger partial charge is 0.362 e. The summed E-state index contributed by atoms with van der Waals surface area (Å²) in [7, 11) is 0. The quantitative estimate of drug-likeness (QED) is 0.918. The van der Waals surface area contributed by atoms with Crippen molar-refractivity contribution in [2.24, 2.45) is 0 Å². The molecule has 1 aliphatic carbocycles. The average molecular weight is 299 g/mol. The standard InChI is InChI=1S/C17H21N3S/c1-12-8-13-4-2-3-5-16(13)20(12)10-15-11-21-17(19-15)9-18-14-6-7-14/h2-5,11-12,14,18H,6-10H2,1H3. The summed E-state index contributed by atoms with van der Waals surface area (Å²) in [6, 6.07) is 10.1. The number of nitrogens with one attached hydrogen (secondary N) is 1. The lowest BCUT2D eigenvalue weighted by Crippen LogP contribution is -2.28. The molecule has 0 bridgehead atoms. The van der Waals surface area contributed by atoms with Crippen molar-refractivity contribution in [3.05, 3.63) is 45.9 Å². The molecule has 4 rings (SSSR count). The minimum Gasteiger partial charge on any atom is -0.362 e. The highest BCUT2D eigenvalue weighted by molar-refractivity contribution is 7.09. The summed E-state index contributed by atoms with van der Waals surface area (Å²) in [6.07, 6.45) is 3.82. The Balaban J connectivity index is 1.45. The van der Waals surface area contributed by atoms with Crippen LogP contribution in [0.5, 0.6) is 0 Å². The molecule has 1 aromatic carbocycles. The number of thiazole rings is 1. The van der Waals surface area contributed by atoms with Crippen LogP contribution in [0.3, 0.4) is 0 Å². The highest BCUT2D eigenvalue weighted by Gasteiger charge is 2.26. The molecule has 3 nitrogen and oxygen atoms in total. The molecule has 110 valence electrons. The van der Waals surface area contributed by atoms with E-state index < -0.39 is 0 Å². The number of para-hydroxylation sites is 1. The van der Waals surface area contributed by atoms with E-state index in [1.165, 1.54) is 34.8 Å². The summed E-state index contributed by atoms with van der Waals surface area (Å²) in [5.74, 6) is 0. The van der Waals surface area contributed by atoms with E-state index in [1.807, 2.05) is 0 Å². The molecule has 1 unspecified atom stereocenters. The Labute approximate surface area is 130 Å². The van der Waals surface area contributed by atoms with Crippen molar-refractivity contribution < 1.29 is 0 Å². The summed E-state index contributed by atoms with van der Waals surface area (Å²) in [5.41, 5.74) is 4.06. The molecule has 2 aliphatic rings. The summed E-state index contributed by atoms with van der Waals surface area (Å²) >= 11 is 1.78. The van der Waals surface area contributed by atoms with Crippen LogP contribution in [0, 0.1) is 0 Å². The molecule has 21 heavy (non-hydrogen) atoms. The fraction of sp³-hybridized carbons (Fsp3) is 0.471. The molecule has 1 N–H and O–H groups in total. The van der Waals surface area contributed by atoms with Gasteiger partial charge in [-0.2, -0.15) is 0 Å². The van der Waals surface area contributed by atoms with Gasteiger partial charge in [0.05, 0.1) is 12.2 Å². The fourth-order valence-corrected chi connectivity index (χ4v) is 3.80. The Morgan fingerprint density at radius 2 is 2.19 bits per heavy atom. The summed E-state index contributed by atoms with van der Waals surface area (Å²) in [5, 5.41) is 6.98. The Hall–Kier alpha value is -1.39. The third-order valence-corrected chi connectivity index (χ3v) is 5.30. The van der Waals surface area contributed by atoms with E-state index in [2.05, 4.69) is 46.8 Å². The molecule has 0 spiro atoms. The molecular weight excluding hydrogens is 278 g/mol.